The molecule has 1 N–H and O–H groups in total. The van der Waals surface area contributed by atoms with Crippen molar-refractivity contribution in [1.82, 2.24) is 20.2 Å². The van der Waals surface area contributed by atoms with Crippen molar-refractivity contribution in [2.45, 2.75) is 6.18 Å². The molecule has 0 radical (unpaired) electrons. The maximum Gasteiger partial charge on any atom is 0.416 e. The fourth-order valence-corrected chi connectivity index (χ4v) is 2.66. The SMILES string of the molecule is O=C(Nc1cccc(-n2cnnn2)c1)c1ccc(-c2cccc(C(F)(F)F)c2)o1. The lowest BCUT2D eigenvalue weighted by molar-refractivity contribution is -0.137. The predicted octanol–water partition coefficient (Wildman–Crippen LogP) is 4.19. The van der Waals surface area contributed by atoms with Crippen LogP contribution in [0.4, 0.5) is 18.9 Å². The minimum absolute atomic E-state index is 0.0368. The molecule has 2 aromatic carbocycles. The Kier molecular flexibility index (Phi) is 4.59. The van der Waals surface area contributed by atoms with Crippen LogP contribution in [0.1, 0.15) is 16.1 Å². The highest BCUT2D eigenvalue weighted by Crippen LogP contribution is 2.32. The molecule has 0 aliphatic rings. The van der Waals surface area contributed by atoms with Crippen LogP contribution in [0, 0.1) is 0 Å². The van der Waals surface area contributed by atoms with Crippen molar-refractivity contribution in [3.05, 3.63) is 78.3 Å². The van der Waals surface area contributed by atoms with E-state index in [9.17, 15) is 18.0 Å². The Bertz CT molecular complexity index is 1150. The number of anilines is 1. The smallest absolute Gasteiger partial charge is 0.416 e. The van der Waals surface area contributed by atoms with Gasteiger partial charge in [0, 0.05) is 11.3 Å². The summed E-state index contributed by atoms with van der Waals surface area (Å²) < 4.78 is 45.5. The lowest BCUT2D eigenvalue weighted by Gasteiger charge is -2.07. The van der Waals surface area contributed by atoms with Crippen LogP contribution in [-0.4, -0.2) is 26.1 Å². The number of benzene rings is 2. The van der Waals surface area contributed by atoms with E-state index in [1.165, 1.54) is 35.3 Å². The first kappa shape index (κ1) is 18.4. The lowest BCUT2D eigenvalue weighted by Crippen LogP contribution is -2.11. The maximum absolute atomic E-state index is 12.9. The second-order valence-corrected chi connectivity index (χ2v) is 6.00. The number of hydrogen-bond donors (Lipinski definition) is 1. The number of nitrogens with zero attached hydrogens (tertiary/aromatic N) is 4. The molecular weight excluding hydrogens is 387 g/mol. The molecule has 146 valence electrons. The van der Waals surface area contributed by atoms with Crippen LogP contribution in [0.3, 0.4) is 0 Å². The van der Waals surface area contributed by atoms with E-state index in [1.807, 2.05) is 0 Å². The van der Waals surface area contributed by atoms with Crippen LogP contribution in [0.5, 0.6) is 0 Å². The average molecular weight is 399 g/mol. The van der Waals surface area contributed by atoms with Gasteiger partial charge in [0.05, 0.1) is 11.3 Å². The van der Waals surface area contributed by atoms with E-state index in [-0.39, 0.29) is 17.1 Å². The Morgan fingerprint density at radius 1 is 1.03 bits per heavy atom. The molecule has 7 nitrogen and oxygen atoms in total. The minimum atomic E-state index is -4.46. The van der Waals surface area contributed by atoms with Gasteiger partial charge in [-0.3, -0.25) is 4.79 Å². The van der Waals surface area contributed by atoms with E-state index in [1.54, 1.807) is 24.3 Å². The van der Waals surface area contributed by atoms with Gasteiger partial charge in [-0.2, -0.15) is 13.2 Å². The number of tetrazole rings is 1. The molecule has 0 unspecified atom stereocenters. The highest BCUT2D eigenvalue weighted by Gasteiger charge is 2.30. The standard InChI is InChI=1S/C19H12F3N5O2/c20-19(21,22)13-4-1-3-12(9-13)16-7-8-17(29-16)18(28)24-14-5-2-6-15(10-14)27-11-23-25-26-27/h1-11H,(H,24,28). The van der Waals surface area contributed by atoms with Crippen molar-refractivity contribution in [3.63, 3.8) is 0 Å². The Hall–Kier alpha value is -3.95. The summed E-state index contributed by atoms with van der Waals surface area (Å²) in [6.45, 7) is 0. The fraction of sp³-hybridized carbons (Fsp3) is 0.0526. The van der Waals surface area contributed by atoms with Gasteiger partial charge in [0.15, 0.2) is 5.76 Å². The van der Waals surface area contributed by atoms with Gasteiger partial charge in [-0.1, -0.05) is 18.2 Å². The number of amides is 1. The van der Waals surface area contributed by atoms with E-state index in [0.29, 0.717) is 11.4 Å². The molecule has 0 spiro atoms. The molecule has 10 heteroatoms. The molecule has 0 atom stereocenters. The van der Waals surface area contributed by atoms with Crippen molar-refractivity contribution < 1.29 is 22.4 Å². The molecular formula is C19H12F3N5O2. The van der Waals surface area contributed by atoms with Crippen LogP contribution in [-0.2, 0) is 6.18 Å². The summed E-state index contributed by atoms with van der Waals surface area (Å²) in [5, 5.41) is 13.5. The van der Waals surface area contributed by atoms with E-state index in [0.717, 1.165) is 12.1 Å². The number of rotatable bonds is 4. The number of alkyl halides is 3. The summed E-state index contributed by atoms with van der Waals surface area (Å²) >= 11 is 0. The molecule has 2 aromatic heterocycles. The van der Waals surface area contributed by atoms with Gasteiger partial charge in [0.25, 0.3) is 5.91 Å². The average Bonchev–Trinajstić information content (AvgIpc) is 3.40. The first-order valence-corrected chi connectivity index (χ1v) is 8.32. The normalized spacial score (nSPS) is 11.4. The van der Waals surface area contributed by atoms with Crippen molar-refractivity contribution in [1.29, 1.82) is 0 Å². The first-order valence-electron chi connectivity index (χ1n) is 8.32. The van der Waals surface area contributed by atoms with E-state index < -0.39 is 17.6 Å². The second-order valence-electron chi connectivity index (χ2n) is 6.00. The lowest BCUT2D eigenvalue weighted by atomic mass is 10.1. The summed E-state index contributed by atoms with van der Waals surface area (Å²) in [6, 6.07) is 14.3. The third-order valence-electron chi connectivity index (χ3n) is 4.02. The number of aromatic nitrogens is 4. The summed E-state index contributed by atoms with van der Waals surface area (Å²) in [6.07, 6.45) is -3.05. The fourth-order valence-electron chi connectivity index (χ4n) is 2.66. The van der Waals surface area contributed by atoms with E-state index >= 15 is 0 Å². The largest absolute Gasteiger partial charge is 0.451 e. The zero-order valence-electron chi connectivity index (χ0n) is 14.6. The molecule has 29 heavy (non-hydrogen) atoms. The topological polar surface area (TPSA) is 85.8 Å². The maximum atomic E-state index is 12.9. The Morgan fingerprint density at radius 2 is 1.86 bits per heavy atom. The molecule has 1 amide bonds. The van der Waals surface area contributed by atoms with E-state index in [4.69, 9.17) is 4.42 Å². The van der Waals surface area contributed by atoms with Crippen LogP contribution in [0.2, 0.25) is 0 Å². The third kappa shape index (κ3) is 4.00. The number of hydrogen-bond acceptors (Lipinski definition) is 5. The van der Waals surface area contributed by atoms with Gasteiger partial charge in [-0.15, -0.1) is 5.10 Å². The number of carbonyl (C=O) groups is 1. The van der Waals surface area contributed by atoms with Gasteiger partial charge < -0.3 is 9.73 Å². The van der Waals surface area contributed by atoms with Crippen molar-refractivity contribution in [3.8, 4) is 17.0 Å². The Morgan fingerprint density at radius 3 is 2.62 bits per heavy atom. The zero-order chi connectivity index (χ0) is 20.4. The summed E-state index contributed by atoms with van der Waals surface area (Å²) in [7, 11) is 0. The summed E-state index contributed by atoms with van der Waals surface area (Å²) in [5.41, 5.74) is 0.535. The molecule has 0 saturated carbocycles. The highest BCUT2D eigenvalue weighted by atomic mass is 19.4. The molecule has 2 heterocycles. The van der Waals surface area contributed by atoms with Crippen LogP contribution in [0.25, 0.3) is 17.0 Å². The Balaban J connectivity index is 1.53. The molecule has 0 aliphatic carbocycles. The zero-order valence-corrected chi connectivity index (χ0v) is 14.6. The number of nitrogens with one attached hydrogen (secondary N) is 1. The first-order chi connectivity index (χ1) is 13.9. The van der Waals surface area contributed by atoms with Crippen LogP contribution >= 0.6 is 0 Å². The monoisotopic (exact) mass is 399 g/mol. The van der Waals surface area contributed by atoms with Crippen molar-refractivity contribution >= 4 is 11.6 Å². The van der Waals surface area contributed by atoms with Gasteiger partial charge in [0.2, 0.25) is 0 Å². The number of halogens is 3. The Labute approximate surface area is 161 Å². The predicted molar refractivity (Wildman–Crippen MR) is 96.3 cm³/mol. The molecule has 0 aliphatic heterocycles. The van der Waals surface area contributed by atoms with Gasteiger partial charge in [-0.05, 0) is 52.9 Å². The molecule has 4 aromatic rings. The molecule has 0 saturated heterocycles. The van der Waals surface area contributed by atoms with Crippen LogP contribution in [0.15, 0.2) is 71.4 Å². The molecule has 0 bridgehead atoms. The van der Waals surface area contributed by atoms with E-state index in [2.05, 4.69) is 20.8 Å². The highest BCUT2D eigenvalue weighted by molar-refractivity contribution is 6.02. The van der Waals surface area contributed by atoms with Crippen LogP contribution < -0.4 is 5.32 Å². The molecule has 0 fully saturated rings. The second kappa shape index (κ2) is 7.23. The number of furan rings is 1. The van der Waals surface area contributed by atoms with Gasteiger partial charge >= 0.3 is 6.18 Å². The number of carbonyl (C=O) groups excluding carboxylic acids is 1. The quantitative estimate of drug-likeness (QED) is 0.556. The molecule has 4 rings (SSSR count). The minimum Gasteiger partial charge on any atom is -0.451 e. The van der Waals surface area contributed by atoms with Crippen molar-refractivity contribution in [2.75, 3.05) is 5.32 Å². The third-order valence-corrected chi connectivity index (χ3v) is 4.02. The summed E-state index contributed by atoms with van der Waals surface area (Å²) in [4.78, 5) is 12.5. The van der Waals surface area contributed by atoms with Gasteiger partial charge in [-0.25, -0.2) is 4.68 Å². The van der Waals surface area contributed by atoms with Crippen molar-refractivity contribution in [2.24, 2.45) is 0 Å². The summed E-state index contributed by atoms with van der Waals surface area (Å²) in [5.74, 6) is -0.425. The van der Waals surface area contributed by atoms with Gasteiger partial charge in [0.1, 0.15) is 12.1 Å².